The third-order valence-electron chi connectivity index (χ3n) is 5.09. The molecule has 0 spiro atoms. The van der Waals surface area contributed by atoms with Crippen LogP contribution in [0, 0.1) is 11.8 Å². The van der Waals surface area contributed by atoms with Crippen molar-refractivity contribution in [2.24, 2.45) is 11.8 Å². The van der Waals surface area contributed by atoms with Gasteiger partial charge in [0.15, 0.2) is 6.23 Å². The molecule has 1 saturated carbocycles. The molecule has 2 amide bonds. The molecule has 1 fully saturated rings. The van der Waals surface area contributed by atoms with Crippen LogP contribution in [0.2, 0.25) is 0 Å². The number of benzene rings is 1. The summed E-state index contributed by atoms with van der Waals surface area (Å²) in [6.07, 6.45) is 3.72. The third kappa shape index (κ3) is 7.75. The molecule has 29 heavy (non-hydrogen) atoms. The molecule has 0 aromatic heterocycles. The van der Waals surface area contributed by atoms with Crippen molar-refractivity contribution in [2.45, 2.75) is 71.8 Å². The van der Waals surface area contributed by atoms with Crippen molar-refractivity contribution in [3.8, 4) is 0 Å². The highest BCUT2D eigenvalue weighted by atomic mass is 16.6. The molecule has 1 aliphatic carbocycles. The predicted octanol–water partition coefficient (Wildman–Crippen LogP) is 3.52. The van der Waals surface area contributed by atoms with Gasteiger partial charge in [0.05, 0.1) is 0 Å². The molecular formula is C22H32N2O5. The monoisotopic (exact) mass is 404 g/mol. The third-order valence-corrected chi connectivity index (χ3v) is 5.09. The lowest BCUT2D eigenvalue weighted by Gasteiger charge is -2.32. The Morgan fingerprint density at radius 1 is 1.03 bits per heavy atom. The molecule has 2 unspecified atom stereocenters. The lowest BCUT2D eigenvalue weighted by molar-refractivity contribution is -0.154. The SMILES string of the molecule is CC(=O)OC(NC(=O)C(NC(=O)OCc1ccccc1)C(C)C)C1CCCCC1. The van der Waals surface area contributed by atoms with Gasteiger partial charge in [-0.15, -0.1) is 0 Å². The van der Waals surface area contributed by atoms with E-state index in [1.807, 2.05) is 44.2 Å². The minimum absolute atomic E-state index is 0.0921. The molecule has 160 valence electrons. The van der Waals surface area contributed by atoms with Crippen LogP contribution in [-0.2, 0) is 25.7 Å². The van der Waals surface area contributed by atoms with Crippen molar-refractivity contribution in [3.63, 3.8) is 0 Å². The van der Waals surface area contributed by atoms with Crippen LogP contribution < -0.4 is 10.6 Å². The summed E-state index contributed by atoms with van der Waals surface area (Å²) in [6.45, 7) is 5.13. The molecule has 0 heterocycles. The van der Waals surface area contributed by atoms with Gasteiger partial charge in [0, 0.05) is 12.8 Å². The van der Waals surface area contributed by atoms with Crippen molar-refractivity contribution in [2.75, 3.05) is 0 Å². The molecule has 0 radical (unpaired) electrons. The number of hydrogen-bond acceptors (Lipinski definition) is 5. The minimum Gasteiger partial charge on any atom is -0.445 e. The van der Waals surface area contributed by atoms with E-state index < -0.39 is 24.3 Å². The number of nitrogens with one attached hydrogen (secondary N) is 2. The summed E-state index contributed by atoms with van der Waals surface area (Å²) in [5.74, 6) is -0.885. The zero-order valence-electron chi connectivity index (χ0n) is 17.5. The molecule has 7 nitrogen and oxygen atoms in total. The first-order chi connectivity index (χ1) is 13.9. The predicted molar refractivity (Wildman–Crippen MR) is 109 cm³/mol. The highest BCUT2D eigenvalue weighted by Crippen LogP contribution is 2.27. The van der Waals surface area contributed by atoms with Crippen LogP contribution in [0.5, 0.6) is 0 Å². The lowest BCUT2D eigenvalue weighted by Crippen LogP contribution is -2.54. The Hall–Kier alpha value is -2.57. The number of carbonyl (C=O) groups excluding carboxylic acids is 3. The first kappa shape index (κ1) is 22.7. The van der Waals surface area contributed by atoms with E-state index in [2.05, 4.69) is 10.6 Å². The summed E-state index contributed by atoms with van der Waals surface area (Å²) in [6, 6.07) is 8.53. The van der Waals surface area contributed by atoms with Crippen LogP contribution in [0.4, 0.5) is 4.79 Å². The van der Waals surface area contributed by atoms with Crippen molar-refractivity contribution >= 4 is 18.0 Å². The van der Waals surface area contributed by atoms with Crippen molar-refractivity contribution in [3.05, 3.63) is 35.9 Å². The van der Waals surface area contributed by atoms with Crippen LogP contribution in [0.1, 0.15) is 58.4 Å². The summed E-state index contributed by atoms with van der Waals surface area (Å²) in [5.41, 5.74) is 0.861. The fourth-order valence-electron chi connectivity index (χ4n) is 3.52. The number of esters is 1. The Morgan fingerprint density at radius 2 is 1.69 bits per heavy atom. The zero-order chi connectivity index (χ0) is 21.2. The van der Waals surface area contributed by atoms with E-state index in [0.29, 0.717) is 0 Å². The van der Waals surface area contributed by atoms with Crippen LogP contribution in [0.3, 0.4) is 0 Å². The summed E-state index contributed by atoms with van der Waals surface area (Å²) < 4.78 is 10.6. The summed E-state index contributed by atoms with van der Waals surface area (Å²) >= 11 is 0. The van der Waals surface area contributed by atoms with E-state index in [1.54, 1.807) is 0 Å². The van der Waals surface area contributed by atoms with Crippen molar-refractivity contribution < 1.29 is 23.9 Å². The van der Waals surface area contributed by atoms with Crippen LogP contribution in [0.25, 0.3) is 0 Å². The number of carbonyl (C=O) groups is 3. The Kier molecular flexibility index (Phi) is 8.96. The Bertz CT molecular complexity index is 671. The standard InChI is InChI=1S/C22H32N2O5/c1-15(2)19(23-22(27)28-14-17-10-6-4-7-11-17)20(26)24-21(29-16(3)25)18-12-8-5-9-13-18/h4,6-7,10-11,15,18-19,21H,5,8-9,12-14H2,1-3H3,(H,23,27)(H,24,26). The average Bonchev–Trinajstić information content (AvgIpc) is 2.70. The van der Waals surface area contributed by atoms with E-state index in [-0.39, 0.29) is 24.3 Å². The van der Waals surface area contributed by atoms with Gasteiger partial charge in [0.2, 0.25) is 5.91 Å². The average molecular weight is 405 g/mol. The van der Waals surface area contributed by atoms with Crippen LogP contribution >= 0.6 is 0 Å². The maximum atomic E-state index is 12.9. The van der Waals surface area contributed by atoms with E-state index in [4.69, 9.17) is 9.47 Å². The van der Waals surface area contributed by atoms with Gasteiger partial charge < -0.3 is 20.1 Å². The van der Waals surface area contributed by atoms with E-state index in [1.165, 1.54) is 6.92 Å². The Morgan fingerprint density at radius 3 is 2.28 bits per heavy atom. The second-order valence-electron chi connectivity index (χ2n) is 7.86. The number of alkyl carbamates (subject to hydrolysis) is 1. The number of rotatable bonds is 8. The normalized spacial score (nSPS) is 16.6. The summed E-state index contributed by atoms with van der Waals surface area (Å²) in [5, 5.41) is 5.46. The van der Waals surface area contributed by atoms with Crippen molar-refractivity contribution in [1.82, 2.24) is 10.6 Å². The van der Waals surface area contributed by atoms with Gasteiger partial charge in [0.1, 0.15) is 12.6 Å². The molecule has 0 saturated heterocycles. The van der Waals surface area contributed by atoms with Gasteiger partial charge in [0.25, 0.3) is 0 Å². The van der Waals surface area contributed by atoms with E-state index in [9.17, 15) is 14.4 Å². The van der Waals surface area contributed by atoms with Crippen LogP contribution in [0.15, 0.2) is 30.3 Å². The Labute approximate surface area is 172 Å². The highest BCUT2D eigenvalue weighted by Gasteiger charge is 2.32. The molecule has 1 aliphatic rings. The molecule has 2 N–H and O–H groups in total. The van der Waals surface area contributed by atoms with Gasteiger partial charge in [-0.2, -0.15) is 0 Å². The molecule has 0 aliphatic heterocycles. The van der Waals surface area contributed by atoms with Gasteiger partial charge in [-0.05, 0) is 24.3 Å². The number of ether oxygens (including phenoxy) is 2. The molecular weight excluding hydrogens is 372 g/mol. The first-order valence-electron chi connectivity index (χ1n) is 10.3. The molecule has 1 aromatic carbocycles. The molecule has 2 atom stereocenters. The summed E-state index contributed by atoms with van der Waals surface area (Å²) in [7, 11) is 0. The number of hydrogen-bond donors (Lipinski definition) is 2. The lowest BCUT2D eigenvalue weighted by atomic mass is 9.87. The van der Waals surface area contributed by atoms with Gasteiger partial charge in [-0.25, -0.2) is 4.79 Å². The minimum atomic E-state index is -0.792. The maximum absolute atomic E-state index is 12.9. The van der Waals surface area contributed by atoms with Crippen LogP contribution in [-0.4, -0.2) is 30.2 Å². The molecule has 2 rings (SSSR count). The van der Waals surface area contributed by atoms with E-state index >= 15 is 0 Å². The topological polar surface area (TPSA) is 93.7 Å². The Balaban J connectivity index is 1.95. The second-order valence-corrected chi connectivity index (χ2v) is 7.86. The second kappa shape index (κ2) is 11.4. The zero-order valence-corrected chi connectivity index (χ0v) is 17.5. The van der Waals surface area contributed by atoms with Gasteiger partial charge >= 0.3 is 12.1 Å². The van der Waals surface area contributed by atoms with E-state index in [0.717, 1.165) is 37.7 Å². The molecule has 0 bridgehead atoms. The van der Waals surface area contributed by atoms with Gasteiger partial charge in [-0.3, -0.25) is 9.59 Å². The molecule has 1 aromatic rings. The number of amides is 2. The summed E-state index contributed by atoms with van der Waals surface area (Å²) in [4.78, 5) is 36.6. The fourth-order valence-corrected chi connectivity index (χ4v) is 3.52. The maximum Gasteiger partial charge on any atom is 0.408 e. The highest BCUT2D eigenvalue weighted by molar-refractivity contribution is 5.86. The molecule has 7 heteroatoms. The quantitative estimate of drug-likeness (QED) is 0.511. The van der Waals surface area contributed by atoms with Crippen molar-refractivity contribution in [1.29, 1.82) is 0 Å². The van der Waals surface area contributed by atoms with Gasteiger partial charge in [-0.1, -0.05) is 63.4 Å². The first-order valence-corrected chi connectivity index (χ1v) is 10.3. The largest absolute Gasteiger partial charge is 0.445 e. The fraction of sp³-hybridized carbons (Fsp3) is 0.591. The smallest absolute Gasteiger partial charge is 0.408 e.